The summed E-state index contributed by atoms with van der Waals surface area (Å²) in [6, 6.07) is 3.98. The average molecular weight is 230 g/mol. The van der Waals surface area contributed by atoms with Gasteiger partial charge in [0.2, 0.25) is 11.6 Å². The van der Waals surface area contributed by atoms with Gasteiger partial charge in [0.05, 0.1) is 10.6 Å². The van der Waals surface area contributed by atoms with E-state index in [4.69, 9.17) is 11.6 Å². The van der Waals surface area contributed by atoms with Crippen molar-refractivity contribution in [3.63, 3.8) is 0 Å². The summed E-state index contributed by atoms with van der Waals surface area (Å²) in [5.74, 6) is -2.41. The number of oxazole rings is 1. The summed E-state index contributed by atoms with van der Waals surface area (Å²) >= 11 is 5.72. The van der Waals surface area contributed by atoms with E-state index in [1.807, 2.05) is 4.98 Å². The topological polar surface area (TPSA) is 66.2 Å². The quantitative estimate of drug-likeness (QED) is 0.787. The summed E-state index contributed by atoms with van der Waals surface area (Å²) in [6.07, 6.45) is 0. The highest BCUT2D eigenvalue weighted by Gasteiger charge is 2.18. The number of halogens is 2. The number of aromatic hydroxyl groups is 1. The van der Waals surface area contributed by atoms with Gasteiger partial charge >= 0.3 is 5.76 Å². The van der Waals surface area contributed by atoms with Crippen molar-refractivity contribution in [3.05, 3.63) is 39.6 Å². The second-order valence-corrected chi connectivity index (χ2v) is 3.20. The van der Waals surface area contributed by atoms with E-state index >= 15 is 0 Å². The highest BCUT2D eigenvalue weighted by atomic mass is 35.5. The Labute approximate surface area is 87.9 Å². The molecule has 4 nitrogen and oxygen atoms in total. The molecular formula is C9H5ClFNO3. The van der Waals surface area contributed by atoms with Crippen molar-refractivity contribution in [2.75, 3.05) is 0 Å². The zero-order chi connectivity index (χ0) is 11.0. The first-order valence-corrected chi connectivity index (χ1v) is 4.34. The molecule has 0 amide bonds. The van der Waals surface area contributed by atoms with Crippen LogP contribution in [-0.2, 0) is 0 Å². The van der Waals surface area contributed by atoms with E-state index in [1.165, 1.54) is 12.1 Å². The predicted octanol–water partition coefficient (Wildman–Crippen LogP) is 2.13. The van der Waals surface area contributed by atoms with Crippen molar-refractivity contribution in [1.29, 1.82) is 0 Å². The molecule has 0 spiro atoms. The Morgan fingerprint density at radius 3 is 2.73 bits per heavy atom. The van der Waals surface area contributed by atoms with Crippen LogP contribution in [0.15, 0.2) is 27.4 Å². The van der Waals surface area contributed by atoms with Crippen molar-refractivity contribution in [3.8, 4) is 17.2 Å². The zero-order valence-electron chi connectivity index (χ0n) is 7.25. The first-order valence-electron chi connectivity index (χ1n) is 3.96. The van der Waals surface area contributed by atoms with Gasteiger partial charge in [-0.15, -0.1) is 0 Å². The molecule has 6 heteroatoms. The summed E-state index contributed by atoms with van der Waals surface area (Å²) < 4.78 is 17.9. The van der Waals surface area contributed by atoms with Crippen molar-refractivity contribution >= 4 is 11.6 Å². The third-order valence-electron chi connectivity index (χ3n) is 1.82. The second-order valence-electron chi connectivity index (χ2n) is 2.79. The lowest BCUT2D eigenvalue weighted by molar-refractivity contribution is 0.451. The third kappa shape index (κ3) is 1.61. The molecule has 2 rings (SSSR count). The highest BCUT2D eigenvalue weighted by Crippen LogP contribution is 2.34. The van der Waals surface area contributed by atoms with Crippen LogP contribution in [0.25, 0.3) is 11.3 Å². The smallest absolute Gasteiger partial charge is 0.419 e. The fourth-order valence-electron chi connectivity index (χ4n) is 1.20. The van der Waals surface area contributed by atoms with Crippen LogP contribution in [0.1, 0.15) is 0 Å². The Morgan fingerprint density at radius 1 is 1.47 bits per heavy atom. The molecule has 2 N–H and O–H groups in total. The Balaban J connectivity index is 2.74. The van der Waals surface area contributed by atoms with Gasteiger partial charge in [-0.25, -0.2) is 9.18 Å². The van der Waals surface area contributed by atoms with E-state index in [-0.39, 0.29) is 16.3 Å². The lowest BCUT2D eigenvalue weighted by atomic mass is 10.1. The van der Waals surface area contributed by atoms with Crippen molar-refractivity contribution in [2.45, 2.75) is 0 Å². The molecule has 0 aliphatic carbocycles. The van der Waals surface area contributed by atoms with Crippen LogP contribution in [0.3, 0.4) is 0 Å². The minimum Gasteiger partial charge on any atom is -0.492 e. The first-order chi connectivity index (χ1) is 7.09. The molecule has 0 radical (unpaired) electrons. The van der Waals surface area contributed by atoms with Gasteiger partial charge in [-0.1, -0.05) is 17.7 Å². The SMILES string of the molecule is O=c1[nH]c(O)c(-c2c(F)cccc2Cl)o1. The van der Waals surface area contributed by atoms with Gasteiger partial charge in [-0.2, -0.15) is 0 Å². The number of aromatic nitrogens is 1. The molecular weight excluding hydrogens is 225 g/mol. The first kappa shape index (κ1) is 9.79. The number of aromatic amines is 1. The van der Waals surface area contributed by atoms with Gasteiger partial charge < -0.3 is 9.52 Å². The van der Waals surface area contributed by atoms with E-state index < -0.39 is 17.5 Å². The molecule has 0 unspecified atom stereocenters. The van der Waals surface area contributed by atoms with E-state index in [2.05, 4.69) is 4.42 Å². The van der Waals surface area contributed by atoms with Gasteiger partial charge in [0.15, 0.2) is 0 Å². The Bertz CT molecular complexity index is 540. The lowest BCUT2D eigenvalue weighted by Crippen LogP contribution is -1.93. The van der Waals surface area contributed by atoms with E-state index in [9.17, 15) is 14.3 Å². The van der Waals surface area contributed by atoms with Gasteiger partial charge in [0, 0.05) is 0 Å². The van der Waals surface area contributed by atoms with Crippen molar-refractivity contribution < 1.29 is 13.9 Å². The summed E-state index contributed by atoms with van der Waals surface area (Å²) in [4.78, 5) is 12.7. The molecule has 78 valence electrons. The summed E-state index contributed by atoms with van der Waals surface area (Å²) in [5.41, 5.74) is -0.144. The molecule has 0 saturated heterocycles. The van der Waals surface area contributed by atoms with Crippen molar-refractivity contribution in [2.24, 2.45) is 0 Å². The number of hydrogen-bond donors (Lipinski definition) is 2. The number of benzene rings is 1. The maximum Gasteiger partial charge on any atom is 0.419 e. The summed E-state index contributed by atoms with van der Waals surface area (Å²) in [6.45, 7) is 0. The Morgan fingerprint density at radius 2 is 2.20 bits per heavy atom. The molecule has 0 bridgehead atoms. The van der Waals surface area contributed by atoms with E-state index in [0.717, 1.165) is 6.07 Å². The van der Waals surface area contributed by atoms with E-state index in [1.54, 1.807) is 0 Å². The number of hydrogen-bond acceptors (Lipinski definition) is 3. The average Bonchev–Trinajstić information content (AvgIpc) is 2.45. The number of H-pyrrole nitrogens is 1. The largest absolute Gasteiger partial charge is 0.492 e. The Kier molecular flexibility index (Phi) is 2.24. The molecule has 0 aliphatic rings. The van der Waals surface area contributed by atoms with Crippen LogP contribution >= 0.6 is 11.6 Å². The van der Waals surface area contributed by atoms with Crippen LogP contribution in [0.2, 0.25) is 5.02 Å². The fourth-order valence-corrected chi connectivity index (χ4v) is 1.45. The van der Waals surface area contributed by atoms with Crippen LogP contribution in [-0.4, -0.2) is 10.1 Å². The molecule has 0 atom stereocenters. The van der Waals surface area contributed by atoms with Gasteiger partial charge in [0.1, 0.15) is 5.82 Å². The monoisotopic (exact) mass is 229 g/mol. The molecule has 0 aliphatic heterocycles. The summed E-state index contributed by atoms with van der Waals surface area (Å²) in [7, 11) is 0. The van der Waals surface area contributed by atoms with Crippen molar-refractivity contribution in [1.82, 2.24) is 4.98 Å². The van der Waals surface area contributed by atoms with E-state index in [0.29, 0.717) is 0 Å². The molecule has 15 heavy (non-hydrogen) atoms. The van der Waals surface area contributed by atoms with Gasteiger partial charge in [-0.05, 0) is 12.1 Å². The minimum atomic E-state index is -0.873. The molecule has 1 aromatic carbocycles. The Hall–Kier alpha value is -1.75. The van der Waals surface area contributed by atoms with Crippen LogP contribution in [0.5, 0.6) is 5.88 Å². The minimum absolute atomic E-state index is 0.0491. The third-order valence-corrected chi connectivity index (χ3v) is 2.14. The van der Waals surface area contributed by atoms with Crippen LogP contribution in [0.4, 0.5) is 4.39 Å². The van der Waals surface area contributed by atoms with Gasteiger partial charge in [-0.3, -0.25) is 4.98 Å². The maximum atomic E-state index is 13.4. The lowest BCUT2D eigenvalue weighted by Gasteiger charge is -2.01. The molecule has 2 aromatic rings. The molecule has 0 fully saturated rings. The standard InChI is InChI=1S/C9H5ClFNO3/c10-4-2-1-3-5(11)6(4)7-8(13)12-9(14)15-7/h1-3,13H,(H,12,14). The summed E-state index contributed by atoms with van der Waals surface area (Å²) in [5, 5.41) is 9.31. The van der Waals surface area contributed by atoms with Gasteiger partial charge in [0.25, 0.3) is 0 Å². The number of rotatable bonds is 1. The van der Waals surface area contributed by atoms with Crippen LogP contribution in [0, 0.1) is 5.82 Å². The molecule has 1 aromatic heterocycles. The zero-order valence-corrected chi connectivity index (χ0v) is 8.01. The predicted molar refractivity (Wildman–Crippen MR) is 51.4 cm³/mol. The van der Waals surface area contributed by atoms with Crippen LogP contribution < -0.4 is 5.76 Å². The fraction of sp³-hybridized carbons (Fsp3) is 0. The normalized spacial score (nSPS) is 10.5. The molecule has 0 saturated carbocycles. The maximum absolute atomic E-state index is 13.4. The molecule has 1 heterocycles. The highest BCUT2D eigenvalue weighted by molar-refractivity contribution is 6.33. The number of nitrogens with one attached hydrogen (secondary N) is 1. The second kappa shape index (κ2) is 3.43.